The predicted octanol–water partition coefficient (Wildman–Crippen LogP) is 3.57. The first-order valence-corrected chi connectivity index (χ1v) is 23.4. The number of carbonyl (C=O) groups excluding carboxylic acids is 6. The Morgan fingerprint density at radius 3 is 2.36 bits per heavy atom. The summed E-state index contributed by atoms with van der Waals surface area (Å²) in [5, 5.41) is 19.8. The number of amides is 5. The Labute approximate surface area is 382 Å². The molecule has 2 aliphatic heterocycles. The summed E-state index contributed by atoms with van der Waals surface area (Å²) in [5.41, 5.74) is 1.89. The van der Waals surface area contributed by atoms with Crippen molar-refractivity contribution < 1.29 is 60.5 Å². The zero-order valence-corrected chi connectivity index (χ0v) is 37.8. The molecule has 0 aromatic heterocycles. The second kappa shape index (κ2) is 17.5. The van der Waals surface area contributed by atoms with Crippen LogP contribution in [-0.2, 0) is 59.2 Å². The van der Waals surface area contributed by atoms with E-state index in [0.717, 1.165) is 46.6 Å². The number of ether oxygens (including phenoxy) is 2. The van der Waals surface area contributed by atoms with Crippen LogP contribution in [0.5, 0.6) is 0 Å². The molecule has 0 radical (unpaired) electrons. The molecule has 11 atom stereocenters. The highest BCUT2D eigenvalue weighted by Gasteiger charge is 2.76. The van der Waals surface area contributed by atoms with Gasteiger partial charge in [-0.3, -0.25) is 38.2 Å². The number of nitrogens with one attached hydrogen (secondary N) is 3. The molecule has 2 aromatic rings. The van der Waals surface area contributed by atoms with Crippen LogP contribution in [0.15, 0.2) is 96.6 Å². The van der Waals surface area contributed by atoms with Crippen molar-refractivity contribution in [2.24, 2.45) is 28.6 Å². The molecule has 4 aliphatic carbocycles. The third-order valence-electron chi connectivity index (χ3n) is 14.7. The van der Waals surface area contributed by atoms with E-state index >= 15 is 0 Å². The summed E-state index contributed by atoms with van der Waals surface area (Å²) < 4.78 is 50.9. The van der Waals surface area contributed by atoms with E-state index in [9.17, 15) is 46.8 Å². The molecule has 5 N–H and O–H groups in total. The maximum absolute atomic E-state index is 14.4. The Morgan fingerprint density at radius 1 is 0.970 bits per heavy atom. The zero-order valence-electron chi connectivity index (χ0n) is 37.0. The minimum Gasteiger partial charge on any atom is -0.393 e. The molecule has 350 valence electrons. The Kier molecular flexibility index (Phi) is 12.5. The molecule has 6 aliphatic rings. The van der Waals surface area contributed by atoms with Gasteiger partial charge < -0.3 is 30.5 Å². The van der Waals surface area contributed by atoms with Crippen molar-refractivity contribution >= 4 is 51.4 Å². The molecule has 17 nitrogen and oxygen atoms in total. The van der Waals surface area contributed by atoms with Crippen LogP contribution in [0.25, 0.3) is 0 Å². The normalized spacial score (nSPS) is 31.8. The average molecular weight is 927 g/mol. The maximum atomic E-state index is 14.4. The minimum absolute atomic E-state index is 0.000864. The van der Waals surface area contributed by atoms with Crippen LogP contribution in [0, 0.1) is 28.6 Å². The fourth-order valence-electron chi connectivity index (χ4n) is 11.6. The molecule has 3 saturated carbocycles. The number of rotatable bonds is 14. The van der Waals surface area contributed by atoms with Gasteiger partial charge in [0.15, 0.2) is 17.7 Å². The van der Waals surface area contributed by atoms with Gasteiger partial charge in [-0.15, -0.1) is 0 Å². The average Bonchev–Trinajstić information content (AvgIpc) is 3.88. The number of ketones is 1. The monoisotopic (exact) mass is 926 g/mol. The molecule has 5 amide bonds. The standard InChI is InChI=1S/C48H54N4O13S/c1-26-17-18-46(4)32(19-26)13-14-34-35-22-38-48(37(54)25-63-66(60,61)62,47(35,5)23-36(53)42(34)46)65-45(64-38)31-11-9-29(10-12-31)20-30-7-6-8-33(21-30)51-44(59)28(3)50-43(58)27(2)49-39(55)24-52-40(56)15-16-41(52)57/h6-12,15-19,21,27-28,34-36,38,42,45,53H,1,13-14,20,22-25H2,2-5H3,(H,49,55)(H,50,58)(H,51,59)(H,60,61,62)/t27-,28-,34-,35-,36-,38+,42+,45+,46-,47-,48+/m0/s1. The third kappa shape index (κ3) is 8.61. The molecule has 2 heterocycles. The highest BCUT2D eigenvalue weighted by atomic mass is 32.3. The quantitative estimate of drug-likeness (QED) is 0.135. The number of hydrogen-bond acceptors (Lipinski definition) is 12. The van der Waals surface area contributed by atoms with Crippen molar-refractivity contribution in [3.05, 3.63) is 113 Å². The van der Waals surface area contributed by atoms with Crippen molar-refractivity contribution in [3.8, 4) is 0 Å². The van der Waals surface area contributed by atoms with Crippen molar-refractivity contribution in [1.82, 2.24) is 15.5 Å². The Bertz CT molecular complexity index is 2570. The number of hydrogen-bond donors (Lipinski definition) is 5. The Balaban J connectivity index is 0.914. The molecular weight excluding hydrogens is 873 g/mol. The van der Waals surface area contributed by atoms with Gasteiger partial charge in [0.05, 0.1) is 12.2 Å². The number of aliphatic hydroxyl groups excluding tert-OH is 1. The van der Waals surface area contributed by atoms with Gasteiger partial charge in [0.25, 0.3) is 11.8 Å². The Morgan fingerprint density at radius 2 is 1.67 bits per heavy atom. The van der Waals surface area contributed by atoms with E-state index in [1.165, 1.54) is 19.4 Å². The number of aliphatic hydroxyl groups is 1. The van der Waals surface area contributed by atoms with Crippen LogP contribution in [0.1, 0.15) is 76.4 Å². The SMILES string of the molecule is C=C1C=C[C@@]2(C)C(=C1)CC[C@@H]1[C@@H]2[C@@H](O)C[C@@]2(C)[C@H]1C[C@H]1O[C@@H](c3ccc(Cc4cccc(NC(=O)[C@H](C)NC(=O)[C@H](C)NC(=O)CN5C(=O)C=CC5=O)c4)cc3)O[C@]12C(=O)COS(=O)(=O)O. The van der Waals surface area contributed by atoms with Gasteiger partial charge in [0.1, 0.15) is 25.2 Å². The zero-order chi connectivity index (χ0) is 47.5. The maximum Gasteiger partial charge on any atom is 0.397 e. The fraction of sp³-hybridized carbons (Fsp3) is 0.458. The third-order valence-corrected chi connectivity index (χ3v) is 15.1. The van der Waals surface area contributed by atoms with Crippen molar-refractivity contribution in [2.75, 3.05) is 18.5 Å². The summed E-state index contributed by atoms with van der Waals surface area (Å²) in [6, 6.07) is 12.5. The second-order valence-electron chi connectivity index (χ2n) is 18.8. The van der Waals surface area contributed by atoms with Crippen LogP contribution in [0.3, 0.4) is 0 Å². The highest BCUT2D eigenvalue weighted by molar-refractivity contribution is 7.80. The van der Waals surface area contributed by atoms with Gasteiger partial charge in [0, 0.05) is 40.2 Å². The van der Waals surface area contributed by atoms with Crippen LogP contribution in [-0.4, -0.2) is 101 Å². The lowest BCUT2D eigenvalue weighted by atomic mass is 9.46. The summed E-state index contributed by atoms with van der Waals surface area (Å²) in [5.74, 6) is -4.09. The lowest BCUT2D eigenvalue weighted by molar-refractivity contribution is -0.200. The molecule has 4 fully saturated rings. The lowest BCUT2D eigenvalue weighted by Crippen LogP contribution is -2.63. The molecule has 0 unspecified atom stereocenters. The van der Waals surface area contributed by atoms with E-state index < -0.39 is 106 Å². The highest BCUT2D eigenvalue weighted by Crippen LogP contribution is 2.70. The number of allylic oxidation sites excluding steroid dienone is 5. The first-order valence-electron chi connectivity index (χ1n) is 22.0. The minimum atomic E-state index is -4.96. The summed E-state index contributed by atoms with van der Waals surface area (Å²) in [4.78, 5) is 76.9. The van der Waals surface area contributed by atoms with E-state index in [1.807, 2.05) is 43.3 Å². The number of fused-ring (bicyclic) bond motifs is 7. The summed E-state index contributed by atoms with van der Waals surface area (Å²) >= 11 is 0. The molecule has 0 bridgehead atoms. The fourth-order valence-corrected chi connectivity index (χ4v) is 11.8. The lowest BCUT2D eigenvalue weighted by Gasteiger charge is -2.59. The molecular formula is C48H54N4O13S. The van der Waals surface area contributed by atoms with Crippen LogP contribution in [0.4, 0.5) is 5.69 Å². The first-order chi connectivity index (χ1) is 31.1. The van der Waals surface area contributed by atoms with E-state index in [4.69, 9.17) is 9.47 Å². The van der Waals surface area contributed by atoms with E-state index in [0.29, 0.717) is 24.1 Å². The number of nitrogens with zero attached hydrogens (tertiary/aromatic N) is 1. The van der Waals surface area contributed by atoms with Crippen molar-refractivity contribution in [2.45, 2.75) is 96.0 Å². The smallest absolute Gasteiger partial charge is 0.393 e. The summed E-state index contributed by atoms with van der Waals surface area (Å²) in [7, 11) is -4.96. The van der Waals surface area contributed by atoms with Crippen LogP contribution in [0.2, 0.25) is 0 Å². The van der Waals surface area contributed by atoms with Crippen LogP contribution < -0.4 is 16.0 Å². The van der Waals surface area contributed by atoms with E-state index in [-0.39, 0.29) is 24.2 Å². The molecule has 66 heavy (non-hydrogen) atoms. The van der Waals surface area contributed by atoms with Crippen molar-refractivity contribution in [1.29, 1.82) is 0 Å². The molecule has 0 spiro atoms. The summed E-state index contributed by atoms with van der Waals surface area (Å²) in [6.45, 7) is 9.56. The van der Waals surface area contributed by atoms with Gasteiger partial charge in [-0.25, -0.2) is 4.18 Å². The predicted molar refractivity (Wildman–Crippen MR) is 237 cm³/mol. The van der Waals surface area contributed by atoms with Crippen LogP contribution >= 0.6 is 0 Å². The molecule has 18 heteroatoms. The topological polar surface area (TPSA) is 244 Å². The second-order valence-corrected chi connectivity index (χ2v) is 19.9. The van der Waals surface area contributed by atoms with E-state index in [2.05, 4.69) is 45.8 Å². The molecule has 1 saturated heterocycles. The number of imide groups is 1. The van der Waals surface area contributed by atoms with Gasteiger partial charge in [-0.2, -0.15) is 8.42 Å². The molecule has 8 rings (SSSR count). The number of benzene rings is 2. The number of carbonyl (C=O) groups is 6. The first kappa shape index (κ1) is 46.9. The largest absolute Gasteiger partial charge is 0.397 e. The molecule has 2 aromatic carbocycles. The Hall–Kier alpha value is -5.63. The number of Topliss-reactive ketones (excluding diaryl/α,β-unsaturated/α-hetero) is 1. The van der Waals surface area contributed by atoms with E-state index in [1.54, 1.807) is 18.2 Å². The van der Waals surface area contributed by atoms with Crippen molar-refractivity contribution in [3.63, 3.8) is 0 Å². The van der Waals surface area contributed by atoms with Gasteiger partial charge >= 0.3 is 10.4 Å². The van der Waals surface area contributed by atoms with Gasteiger partial charge in [-0.1, -0.05) is 80.6 Å². The van der Waals surface area contributed by atoms with Gasteiger partial charge in [-0.05, 0) is 86.6 Å². The summed E-state index contributed by atoms with van der Waals surface area (Å²) in [6.07, 6.45) is 8.36. The van der Waals surface area contributed by atoms with Gasteiger partial charge in [0.2, 0.25) is 17.7 Å². The number of anilines is 1.